The molecule has 116 valence electrons. The summed E-state index contributed by atoms with van der Waals surface area (Å²) in [6, 6.07) is 7.15. The zero-order valence-electron chi connectivity index (χ0n) is 12.4. The molecule has 0 unspecified atom stereocenters. The third kappa shape index (κ3) is 2.57. The number of nitrogens with two attached hydrogens (primary N) is 1. The Hall–Kier alpha value is -2.34. The van der Waals surface area contributed by atoms with Gasteiger partial charge in [-0.2, -0.15) is 0 Å². The molecule has 1 aliphatic rings. The molecule has 0 radical (unpaired) electrons. The van der Waals surface area contributed by atoms with Crippen molar-refractivity contribution in [2.24, 2.45) is 5.73 Å². The molecule has 0 bridgehead atoms. The number of methoxy groups -OCH3 is 1. The number of aromatic nitrogens is 1. The van der Waals surface area contributed by atoms with Gasteiger partial charge in [-0.05, 0) is 30.9 Å². The normalized spacial score (nSPS) is 17.0. The maximum atomic E-state index is 12.2. The lowest BCUT2D eigenvalue weighted by Crippen LogP contribution is -2.51. The van der Waals surface area contributed by atoms with Crippen molar-refractivity contribution in [3.63, 3.8) is 0 Å². The summed E-state index contributed by atoms with van der Waals surface area (Å²) in [6.07, 6.45) is 3.48. The van der Waals surface area contributed by atoms with E-state index in [1.54, 1.807) is 0 Å². The topological polar surface area (TPSA) is 97.2 Å². The smallest absolute Gasteiger partial charge is 0.331 e. The first kappa shape index (κ1) is 14.6. The Morgan fingerprint density at radius 2 is 2.14 bits per heavy atom. The number of esters is 1. The van der Waals surface area contributed by atoms with Crippen LogP contribution in [-0.2, 0) is 20.7 Å². The van der Waals surface area contributed by atoms with Crippen LogP contribution in [-0.4, -0.2) is 35.6 Å². The van der Waals surface area contributed by atoms with Crippen LogP contribution in [0.4, 0.5) is 0 Å². The van der Waals surface area contributed by atoms with E-state index in [1.165, 1.54) is 7.11 Å². The lowest BCUT2D eigenvalue weighted by molar-refractivity contribution is -0.146. The number of hydrogen-bond acceptors (Lipinski definition) is 4. The summed E-state index contributed by atoms with van der Waals surface area (Å²) in [7, 11) is 1.32. The molecule has 0 saturated heterocycles. The molecule has 4 N–H and O–H groups in total. The van der Waals surface area contributed by atoms with Crippen molar-refractivity contribution in [2.75, 3.05) is 7.11 Å². The van der Waals surface area contributed by atoms with Crippen molar-refractivity contribution in [1.82, 2.24) is 10.3 Å². The Morgan fingerprint density at radius 3 is 2.82 bits per heavy atom. The molecule has 1 aromatic carbocycles. The molecule has 2 aromatic rings. The lowest BCUT2D eigenvalue weighted by Gasteiger charge is -2.18. The third-order valence-corrected chi connectivity index (χ3v) is 4.14. The lowest BCUT2D eigenvalue weighted by atomic mass is 10.0. The molecule has 1 saturated carbocycles. The molecule has 1 heterocycles. The number of nitrogens with one attached hydrogen (secondary N) is 2. The van der Waals surface area contributed by atoms with Gasteiger partial charge in [-0.15, -0.1) is 0 Å². The average molecular weight is 301 g/mol. The van der Waals surface area contributed by atoms with Gasteiger partial charge in [0.1, 0.15) is 5.54 Å². The summed E-state index contributed by atoms with van der Waals surface area (Å²) in [5, 5.41) is 3.79. The highest BCUT2D eigenvalue weighted by Crippen LogP contribution is 2.36. The largest absolute Gasteiger partial charge is 0.467 e. The van der Waals surface area contributed by atoms with Crippen LogP contribution in [0.2, 0.25) is 0 Å². The van der Waals surface area contributed by atoms with E-state index in [-0.39, 0.29) is 5.91 Å². The summed E-state index contributed by atoms with van der Waals surface area (Å²) < 4.78 is 4.72. The Balaban J connectivity index is 1.68. The Kier molecular flexibility index (Phi) is 3.62. The van der Waals surface area contributed by atoms with Crippen LogP contribution in [0.5, 0.6) is 0 Å². The van der Waals surface area contributed by atoms with Gasteiger partial charge >= 0.3 is 5.97 Å². The van der Waals surface area contributed by atoms with Gasteiger partial charge in [0, 0.05) is 17.1 Å². The van der Waals surface area contributed by atoms with Gasteiger partial charge in [-0.25, -0.2) is 4.79 Å². The number of carbonyl (C=O) groups excluding carboxylic acids is 2. The molecule has 1 atom stereocenters. The number of para-hydroxylation sites is 1. The van der Waals surface area contributed by atoms with E-state index in [2.05, 4.69) is 10.3 Å². The van der Waals surface area contributed by atoms with Crippen LogP contribution in [0.1, 0.15) is 18.4 Å². The minimum atomic E-state index is -0.857. The molecule has 3 rings (SSSR count). The predicted molar refractivity (Wildman–Crippen MR) is 82.1 cm³/mol. The van der Waals surface area contributed by atoms with Crippen molar-refractivity contribution in [2.45, 2.75) is 30.8 Å². The fourth-order valence-electron chi connectivity index (χ4n) is 2.66. The molecule has 1 fully saturated rings. The quantitative estimate of drug-likeness (QED) is 0.713. The van der Waals surface area contributed by atoms with Crippen molar-refractivity contribution < 1.29 is 14.3 Å². The molecule has 22 heavy (non-hydrogen) atoms. The van der Waals surface area contributed by atoms with Crippen LogP contribution in [0.3, 0.4) is 0 Å². The van der Waals surface area contributed by atoms with Crippen molar-refractivity contribution >= 4 is 22.8 Å². The van der Waals surface area contributed by atoms with Crippen LogP contribution in [0.25, 0.3) is 10.9 Å². The number of fused-ring (bicyclic) bond motifs is 1. The fourth-order valence-corrected chi connectivity index (χ4v) is 2.66. The van der Waals surface area contributed by atoms with Crippen molar-refractivity contribution in [1.29, 1.82) is 0 Å². The van der Waals surface area contributed by atoms with Gasteiger partial charge in [0.15, 0.2) is 0 Å². The SMILES string of the molecule is COC(=O)C1(NC(=O)[C@H](N)Cc2c[nH]c3ccccc23)CC1. The van der Waals surface area contributed by atoms with E-state index in [4.69, 9.17) is 10.5 Å². The highest BCUT2D eigenvalue weighted by Gasteiger charge is 2.52. The summed E-state index contributed by atoms with van der Waals surface area (Å²) in [5.41, 5.74) is 7.14. The number of rotatable bonds is 5. The number of hydrogen-bond donors (Lipinski definition) is 3. The first-order valence-corrected chi connectivity index (χ1v) is 7.27. The van der Waals surface area contributed by atoms with Gasteiger partial charge in [0.2, 0.25) is 5.91 Å². The summed E-state index contributed by atoms with van der Waals surface area (Å²) in [5.74, 6) is -0.728. The van der Waals surface area contributed by atoms with E-state index in [0.29, 0.717) is 19.3 Å². The molecule has 0 aliphatic heterocycles. The number of carbonyl (C=O) groups is 2. The summed E-state index contributed by atoms with van der Waals surface area (Å²) >= 11 is 0. The van der Waals surface area contributed by atoms with E-state index in [1.807, 2.05) is 30.5 Å². The first-order chi connectivity index (χ1) is 10.6. The van der Waals surface area contributed by atoms with Crippen LogP contribution < -0.4 is 11.1 Å². The number of ether oxygens (including phenoxy) is 1. The molecule has 1 aliphatic carbocycles. The monoisotopic (exact) mass is 301 g/mol. The van der Waals surface area contributed by atoms with E-state index in [9.17, 15) is 9.59 Å². The highest BCUT2D eigenvalue weighted by molar-refractivity contribution is 5.93. The number of aromatic amines is 1. The maximum Gasteiger partial charge on any atom is 0.331 e. The van der Waals surface area contributed by atoms with Gasteiger partial charge in [-0.1, -0.05) is 18.2 Å². The second kappa shape index (κ2) is 5.46. The van der Waals surface area contributed by atoms with Crippen molar-refractivity contribution in [3.8, 4) is 0 Å². The third-order valence-electron chi connectivity index (χ3n) is 4.14. The molecule has 6 heteroatoms. The minimum Gasteiger partial charge on any atom is -0.467 e. The zero-order chi connectivity index (χ0) is 15.7. The number of H-pyrrole nitrogens is 1. The fraction of sp³-hybridized carbons (Fsp3) is 0.375. The Morgan fingerprint density at radius 1 is 1.41 bits per heavy atom. The molecule has 1 aromatic heterocycles. The Labute approximate surface area is 128 Å². The van der Waals surface area contributed by atoms with Crippen LogP contribution in [0, 0.1) is 0 Å². The number of benzene rings is 1. The standard InChI is InChI=1S/C16H19N3O3/c1-22-15(21)16(6-7-16)19-14(20)12(17)8-10-9-18-13-5-3-2-4-11(10)13/h2-5,9,12,18H,6-8,17H2,1H3,(H,19,20)/t12-/m1/s1. The highest BCUT2D eigenvalue weighted by atomic mass is 16.5. The second-order valence-corrected chi connectivity index (χ2v) is 5.73. The molecule has 6 nitrogen and oxygen atoms in total. The maximum absolute atomic E-state index is 12.2. The zero-order valence-corrected chi connectivity index (χ0v) is 12.4. The van der Waals surface area contributed by atoms with Crippen LogP contribution >= 0.6 is 0 Å². The van der Waals surface area contributed by atoms with Crippen LogP contribution in [0.15, 0.2) is 30.5 Å². The van der Waals surface area contributed by atoms with Gasteiger partial charge in [0.05, 0.1) is 13.2 Å². The van der Waals surface area contributed by atoms with Gasteiger partial charge < -0.3 is 20.8 Å². The van der Waals surface area contributed by atoms with Gasteiger partial charge in [-0.3, -0.25) is 4.79 Å². The minimum absolute atomic E-state index is 0.326. The van der Waals surface area contributed by atoms with Gasteiger partial charge in [0.25, 0.3) is 0 Å². The predicted octanol–water partition coefficient (Wildman–Crippen LogP) is 0.860. The Bertz CT molecular complexity index is 718. The van der Waals surface area contributed by atoms with Crippen molar-refractivity contribution in [3.05, 3.63) is 36.0 Å². The first-order valence-electron chi connectivity index (χ1n) is 7.27. The van der Waals surface area contributed by atoms with E-state index < -0.39 is 17.6 Å². The number of amides is 1. The second-order valence-electron chi connectivity index (χ2n) is 5.73. The molecule has 0 spiro atoms. The summed E-state index contributed by atoms with van der Waals surface area (Å²) in [4.78, 5) is 27.0. The summed E-state index contributed by atoms with van der Waals surface area (Å²) in [6.45, 7) is 0. The average Bonchev–Trinajstić information content (AvgIpc) is 3.21. The van der Waals surface area contributed by atoms with E-state index >= 15 is 0 Å². The molecular weight excluding hydrogens is 282 g/mol. The molecular formula is C16H19N3O3. The molecule has 1 amide bonds. The van der Waals surface area contributed by atoms with E-state index in [0.717, 1.165) is 16.5 Å².